The van der Waals surface area contributed by atoms with Gasteiger partial charge in [0.05, 0.1) is 0 Å². The zero-order valence-corrected chi connectivity index (χ0v) is 35.0. The summed E-state index contributed by atoms with van der Waals surface area (Å²) in [6.45, 7) is 9.34. The molecule has 0 N–H and O–H groups in total. The van der Waals surface area contributed by atoms with Crippen molar-refractivity contribution in [2.24, 2.45) is 0 Å². The number of benzene rings is 4. The first kappa shape index (κ1) is 37.2. The van der Waals surface area contributed by atoms with Crippen LogP contribution < -0.4 is 0 Å². The van der Waals surface area contributed by atoms with Crippen molar-refractivity contribution in [3.8, 4) is 22.3 Å². The maximum atomic E-state index is 2.58. The Morgan fingerprint density at radius 2 is 0.920 bits per heavy atom. The second-order valence-corrected chi connectivity index (χ2v) is 23.4. The van der Waals surface area contributed by atoms with Crippen LogP contribution >= 0.6 is 0 Å². The van der Waals surface area contributed by atoms with Crippen LogP contribution in [0.3, 0.4) is 0 Å². The molecule has 0 nitrogen and oxygen atoms in total. The van der Waals surface area contributed by atoms with Gasteiger partial charge in [0.1, 0.15) is 0 Å². The third-order valence-electron chi connectivity index (χ3n) is 11.6. The van der Waals surface area contributed by atoms with Gasteiger partial charge in [-0.3, -0.25) is 0 Å². The Bertz CT molecular complexity index is 1630. The Balaban J connectivity index is 1.16. The number of hydrogen-bond donors (Lipinski definition) is 0. The number of aryl methyl sites for hydroxylation is 2. The SMILES string of the molecule is CCCCCCc1ccc(-c2cccc3c2C=C(CC)C3C[SiH]([Zr])CC2C(CC)=Cc3c(-c4ccc(CCCCCC)cc4)cccc32)cc1. The van der Waals surface area contributed by atoms with Crippen molar-refractivity contribution in [2.75, 3.05) is 0 Å². The summed E-state index contributed by atoms with van der Waals surface area (Å²) < 4.78 is 0. The second-order valence-electron chi connectivity index (χ2n) is 15.1. The van der Waals surface area contributed by atoms with Crippen molar-refractivity contribution in [3.05, 3.63) is 129 Å². The molecule has 6 rings (SSSR count). The average molecular weight is 755 g/mol. The topological polar surface area (TPSA) is 0 Å². The standard InChI is InChI=1S/C48H59Si.Zr/c1-5-9-11-13-17-35-23-27-39(28-24-35)41-19-15-21-43-45(41)31-37(7-3)47(43)33-49-34-48-38(8-4)32-46-42(20-16-22-44(46)48)40-29-25-36(26-30-40)18-14-12-10-6-2;/h15-16,19-32,47-49H,5-14,17-18,33-34H2,1-4H3;. The molecule has 50 heavy (non-hydrogen) atoms. The molecule has 0 saturated carbocycles. The van der Waals surface area contributed by atoms with Gasteiger partial charge < -0.3 is 0 Å². The second kappa shape index (κ2) is 18.3. The molecule has 0 fully saturated rings. The fourth-order valence-electron chi connectivity index (χ4n) is 8.70. The van der Waals surface area contributed by atoms with E-state index in [1.807, 2.05) is 23.9 Å². The predicted molar refractivity (Wildman–Crippen MR) is 218 cm³/mol. The molecule has 0 heterocycles. The first-order valence-corrected chi connectivity index (χ1v) is 26.6. The van der Waals surface area contributed by atoms with E-state index in [4.69, 9.17) is 0 Å². The van der Waals surface area contributed by atoms with Gasteiger partial charge in [-0.1, -0.05) is 52.4 Å². The van der Waals surface area contributed by atoms with E-state index in [0.717, 1.165) is 12.8 Å². The van der Waals surface area contributed by atoms with Gasteiger partial charge in [-0.2, -0.15) is 0 Å². The summed E-state index contributed by atoms with van der Waals surface area (Å²) in [4.78, 5) is 0. The molecule has 2 heteroatoms. The van der Waals surface area contributed by atoms with Crippen LogP contribution in [0.4, 0.5) is 0 Å². The molecule has 2 aliphatic carbocycles. The van der Waals surface area contributed by atoms with Crippen molar-refractivity contribution in [1.82, 2.24) is 0 Å². The van der Waals surface area contributed by atoms with Gasteiger partial charge in [0.2, 0.25) is 0 Å². The molecule has 0 saturated heterocycles. The van der Waals surface area contributed by atoms with E-state index in [2.05, 4.69) is 125 Å². The van der Waals surface area contributed by atoms with Crippen molar-refractivity contribution in [2.45, 2.75) is 129 Å². The monoisotopic (exact) mass is 753 g/mol. The van der Waals surface area contributed by atoms with E-state index in [9.17, 15) is 0 Å². The Labute approximate surface area is 320 Å². The van der Waals surface area contributed by atoms with Gasteiger partial charge in [0.25, 0.3) is 0 Å². The molecule has 2 atom stereocenters. The summed E-state index contributed by atoms with van der Waals surface area (Å²) in [7, 11) is 0. The summed E-state index contributed by atoms with van der Waals surface area (Å²) in [5.41, 5.74) is 18.1. The molecule has 4 aromatic rings. The van der Waals surface area contributed by atoms with Crippen molar-refractivity contribution in [1.29, 1.82) is 0 Å². The van der Waals surface area contributed by atoms with Crippen molar-refractivity contribution >= 4 is 18.1 Å². The van der Waals surface area contributed by atoms with Gasteiger partial charge in [0, 0.05) is 0 Å². The molecule has 0 spiro atoms. The van der Waals surface area contributed by atoms with Crippen LogP contribution in [0.5, 0.6) is 0 Å². The van der Waals surface area contributed by atoms with E-state index in [0.29, 0.717) is 11.8 Å². The van der Waals surface area contributed by atoms with Crippen LogP contribution in [0.25, 0.3) is 34.4 Å². The zero-order chi connectivity index (χ0) is 34.9. The summed E-state index contributed by atoms with van der Waals surface area (Å²) in [6.07, 6.45) is 20.5. The fourth-order valence-corrected chi connectivity index (χ4v) is 14.6. The van der Waals surface area contributed by atoms with Crippen LogP contribution in [-0.4, -0.2) is 5.92 Å². The van der Waals surface area contributed by atoms with Gasteiger partial charge in [-0.15, -0.1) is 0 Å². The molecule has 0 aliphatic heterocycles. The summed E-state index contributed by atoms with van der Waals surface area (Å²) in [5.74, 6) is 0.256. The maximum absolute atomic E-state index is 2.58. The molecule has 0 bridgehead atoms. The van der Waals surface area contributed by atoms with E-state index < -0.39 is 5.92 Å². The summed E-state index contributed by atoms with van der Waals surface area (Å²) in [5, 5.41) is 0. The molecule has 0 radical (unpaired) electrons. The molecule has 259 valence electrons. The van der Waals surface area contributed by atoms with Gasteiger partial charge in [-0.05, 0) is 0 Å². The zero-order valence-electron chi connectivity index (χ0n) is 31.4. The Morgan fingerprint density at radius 3 is 1.30 bits per heavy atom. The molecule has 0 amide bonds. The van der Waals surface area contributed by atoms with Crippen LogP contribution in [0.15, 0.2) is 96.1 Å². The molecule has 2 aliphatic rings. The normalized spacial score (nSPS) is 16.9. The fraction of sp³-hybridized carbons (Fsp3) is 0.417. The molecular formula is C48H59SiZr. The van der Waals surface area contributed by atoms with E-state index >= 15 is 0 Å². The Kier molecular flexibility index (Phi) is 13.6. The molecule has 0 aromatic heterocycles. The molecule has 2 unspecified atom stereocenters. The van der Waals surface area contributed by atoms with Crippen LogP contribution in [-0.2, 0) is 36.7 Å². The van der Waals surface area contributed by atoms with Crippen molar-refractivity contribution < 1.29 is 23.9 Å². The van der Waals surface area contributed by atoms with Gasteiger partial charge in [-0.25, -0.2) is 0 Å². The third-order valence-corrected chi connectivity index (χ3v) is 17.2. The van der Waals surface area contributed by atoms with Crippen LogP contribution in [0.1, 0.15) is 137 Å². The summed E-state index contributed by atoms with van der Waals surface area (Å²) in [6, 6.07) is 36.1. The number of hydrogen-bond acceptors (Lipinski definition) is 0. The molecule has 4 aromatic carbocycles. The molecular weight excluding hydrogens is 696 g/mol. The number of unbranched alkanes of at least 4 members (excludes halogenated alkanes) is 6. The van der Waals surface area contributed by atoms with E-state index in [-0.39, 0.29) is 0 Å². The first-order chi connectivity index (χ1) is 24.5. The van der Waals surface area contributed by atoms with E-state index in [1.165, 1.54) is 121 Å². The number of fused-ring (bicyclic) bond motifs is 2. The minimum atomic E-state index is -0.949. The van der Waals surface area contributed by atoms with E-state index in [1.54, 1.807) is 22.3 Å². The van der Waals surface area contributed by atoms with Gasteiger partial charge >= 0.3 is 270 Å². The first-order valence-electron chi connectivity index (χ1n) is 20.1. The number of allylic oxidation sites excluding steroid dienone is 2. The van der Waals surface area contributed by atoms with Gasteiger partial charge in [0.15, 0.2) is 0 Å². The Hall–Kier alpha value is -2.54. The van der Waals surface area contributed by atoms with Crippen LogP contribution in [0, 0.1) is 0 Å². The Morgan fingerprint density at radius 1 is 0.500 bits per heavy atom. The van der Waals surface area contributed by atoms with Crippen LogP contribution in [0.2, 0.25) is 12.1 Å². The average Bonchev–Trinajstić information content (AvgIpc) is 3.69. The predicted octanol–water partition coefficient (Wildman–Crippen LogP) is 14.0. The quantitative estimate of drug-likeness (QED) is 0.0701. The van der Waals surface area contributed by atoms with Crippen molar-refractivity contribution in [3.63, 3.8) is 0 Å². The third kappa shape index (κ3) is 8.73. The summed E-state index contributed by atoms with van der Waals surface area (Å²) >= 11 is 1.82. The number of rotatable bonds is 18. The minimum absolute atomic E-state index is 0.602.